The molecular weight excluding hydrogens is 354 g/mol. The van der Waals surface area contributed by atoms with Gasteiger partial charge in [0.25, 0.3) is 0 Å². The summed E-state index contributed by atoms with van der Waals surface area (Å²) in [7, 11) is 0. The molecule has 0 saturated carbocycles. The number of nitrogens with one attached hydrogen (secondary N) is 2. The van der Waals surface area contributed by atoms with Gasteiger partial charge in [0.05, 0.1) is 11.7 Å². The number of amides is 2. The third kappa shape index (κ3) is 3.10. The molecule has 0 radical (unpaired) electrons. The predicted molar refractivity (Wildman–Crippen MR) is 96.0 cm³/mol. The molecule has 2 saturated heterocycles. The lowest BCUT2D eigenvalue weighted by atomic mass is 10.0. The van der Waals surface area contributed by atoms with Crippen molar-refractivity contribution in [3.05, 3.63) is 28.8 Å². The highest BCUT2D eigenvalue weighted by Gasteiger charge is 2.39. The SMILES string of the molecule is CC1CNCC(C)N1c1c(F)cc(F)c2c1CN(C1CCC(=O)NC1=O)C2. The smallest absolute Gasteiger partial charge is 0.243 e. The summed E-state index contributed by atoms with van der Waals surface area (Å²) in [5.41, 5.74) is 1.52. The van der Waals surface area contributed by atoms with Crippen LogP contribution in [-0.4, -0.2) is 47.9 Å². The van der Waals surface area contributed by atoms with Crippen LogP contribution in [0.2, 0.25) is 0 Å². The fourth-order valence-corrected chi connectivity index (χ4v) is 4.60. The Hall–Kier alpha value is -2.06. The summed E-state index contributed by atoms with van der Waals surface area (Å²) >= 11 is 0. The number of anilines is 1. The van der Waals surface area contributed by atoms with Crippen molar-refractivity contribution in [2.45, 2.75) is 57.9 Å². The minimum Gasteiger partial charge on any atom is -0.361 e. The molecule has 27 heavy (non-hydrogen) atoms. The van der Waals surface area contributed by atoms with Crippen LogP contribution in [0.15, 0.2) is 6.07 Å². The Balaban J connectivity index is 1.69. The zero-order valence-corrected chi connectivity index (χ0v) is 15.5. The minimum atomic E-state index is -0.573. The third-order valence-electron chi connectivity index (χ3n) is 5.88. The van der Waals surface area contributed by atoms with E-state index in [9.17, 15) is 18.4 Å². The van der Waals surface area contributed by atoms with Crippen LogP contribution < -0.4 is 15.5 Å². The molecule has 2 amide bonds. The molecule has 1 aromatic rings. The summed E-state index contributed by atoms with van der Waals surface area (Å²) in [6, 6.07) is 0.608. The van der Waals surface area contributed by atoms with Gasteiger partial charge in [-0.25, -0.2) is 8.78 Å². The first-order valence-electron chi connectivity index (χ1n) is 9.43. The highest BCUT2D eigenvalue weighted by molar-refractivity contribution is 6.00. The molecule has 3 aliphatic heterocycles. The monoisotopic (exact) mass is 378 g/mol. The van der Waals surface area contributed by atoms with E-state index in [4.69, 9.17) is 0 Å². The molecule has 3 aliphatic rings. The Kier molecular flexibility index (Phi) is 4.63. The molecule has 146 valence electrons. The van der Waals surface area contributed by atoms with Gasteiger partial charge in [-0.15, -0.1) is 0 Å². The van der Waals surface area contributed by atoms with Gasteiger partial charge in [-0.2, -0.15) is 0 Å². The van der Waals surface area contributed by atoms with E-state index in [-0.39, 0.29) is 36.9 Å². The lowest BCUT2D eigenvalue weighted by molar-refractivity contribution is -0.137. The quantitative estimate of drug-likeness (QED) is 0.759. The van der Waals surface area contributed by atoms with Crippen LogP contribution in [0.4, 0.5) is 14.5 Å². The number of hydrogen-bond donors (Lipinski definition) is 2. The summed E-state index contributed by atoms with van der Waals surface area (Å²) in [6.45, 7) is 6.04. The van der Waals surface area contributed by atoms with Gasteiger partial charge in [-0.05, 0) is 25.8 Å². The maximum Gasteiger partial charge on any atom is 0.243 e. The largest absolute Gasteiger partial charge is 0.361 e. The van der Waals surface area contributed by atoms with Crippen molar-refractivity contribution in [1.29, 1.82) is 0 Å². The van der Waals surface area contributed by atoms with Crippen molar-refractivity contribution < 1.29 is 18.4 Å². The van der Waals surface area contributed by atoms with Gasteiger partial charge in [-0.1, -0.05) is 0 Å². The second-order valence-electron chi connectivity index (χ2n) is 7.78. The molecule has 2 N–H and O–H groups in total. The molecule has 3 heterocycles. The minimum absolute atomic E-state index is 0.0717. The number of hydrogen-bond acceptors (Lipinski definition) is 5. The number of imide groups is 1. The van der Waals surface area contributed by atoms with Gasteiger partial charge < -0.3 is 10.2 Å². The van der Waals surface area contributed by atoms with E-state index in [2.05, 4.69) is 10.6 Å². The Morgan fingerprint density at radius 2 is 1.70 bits per heavy atom. The molecular formula is C19H24F2N4O2. The molecule has 3 unspecified atom stereocenters. The number of halogens is 2. The predicted octanol–water partition coefficient (Wildman–Crippen LogP) is 1.27. The summed E-state index contributed by atoms with van der Waals surface area (Å²) in [4.78, 5) is 27.5. The van der Waals surface area contributed by atoms with Gasteiger partial charge in [0.15, 0.2) is 0 Å². The average Bonchev–Trinajstić information content (AvgIpc) is 3.02. The number of nitrogens with zero attached hydrogens (tertiary/aromatic N) is 2. The van der Waals surface area contributed by atoms with Crippen molar-refractivity contribution >= 4 is 17.5 Å². The molecule has 0 bridgehead atoms. The highest BCUT2D eigenvalue weighted by Crippen LogP contribution is 2.39. The first kappa shape index (κ1) is 18.3. The van der Waals surface area contributed by atoms with E-state index in [0.29, 0.717) is 29.8 Å². The fourth-order valence-electron chi connectivity index (χ4n) is 4.60. The van der Waals surface area contributed by atoms with Crippen molar-refractivity contribution in [3.8, 4) is 0 Å². The summed E-state index contributed by atoms with van der Waals surface area (Å²) in [5, 5.41) is 5.66. The van der Waals surface area contributed by atoms with Gasteiger partial charge in [-0.3, -0.25) is 19.8 Å². The summed E-state index contributed by atoms with van der Waals surface area (Å²) in [6.07, 6.45) is 0.664. The normalized spacial score (nSPS) is 29.0. The first-order valence-corrected chi connectivity index (χ1v) is 9.43. The van der Waals surface area contributed by atoms with Crippen molar-refractivity contribution in [2.24, 2.45) is 0 Å². The van der Waals surface area contributed by atoms with E-state index in [1.165, 1.54) is 0 Å². The van der Waals surface area contributed by atoms with E-state index in [0.717, 1.165) is 19.2 Å². The molecule has 1 aromatic carbocycles. The second kappa shape index (κ2) is 6.83. The van der Waals surface area contributed by atoms with Crippen LogP contribution >= 0.6 is 0 Å². The number of rotatable bonds is 2. The number of fused-ring (bicyclic) bond motifs is 1. The second-order valence-corrected chi connectivity index (χ2v) is 7.78. The molecule has 8 heteroatoms. The molecule has 2 fully saturated rings. The lowest BCUT2D eigenvalue weighted by Gasteiger charge is -2.42. The zero-order valence-electron chi connectivity index (χ0n) is 15.5. The first-order chi connectivity index (χ1) is 12.9. The Morgan fingerprint density at radius 3 is 2.37 bits per heavy atom. The molecule has 3 atom stereocenters. The van der Waals surface area contributed by atoms with Crippen LogP contribution in [0.3, 0.4) is 0 Å². The maximum atomic E-state index is 14.9. The number of piperazine rings is 1. The van der Waals surface area contributed by atoms with Crippen molar-refractivity contribution in [3.63, 3.8) is 0 Å². The van der Waals surface area contributed by atoms with Crippen molar-refractivity contribution in [2.75, 3.05) is 18.0 Å². The maximum absolute atomic E-state index is 14.9. The van der Waals surface area contributed by atoms with E-state index in [1.807, 2.05) is 23.6 Å². The fraction of sp³-hybridized carbons (Fsp3) is 0.579. The topological polar surface area (TPSA) is 64.7 Å². The zero-order chi connectivity index (χ0) is 19.3. The molecule has 4 rings (SSSR count). The lowest BCUT2D eigenvalue weighted by Crippen LogP contribution is -2.56. The Morgan fingerprint density at radius 1 is 1.04 bits per heavy atom. The van der Waals surface area contributed by atoms with E-state index < -0.39 is 17.7 Å². The average molecular weight is 378 g/mol. The van der Waals surface area contributed by atoms with E-state index in [1.54, 1.807) is 0 Å². The van der Waals surface area contributed by atoms with Crippen LogP contribution in [0.1, 0.15) is 37.8 Å². The van der Waals surface area contributed by atoms with Crippen LogP contribution in [-0.2, 0) is 22.7 Å². The van der Waals surface area contributed by atoms with Gasteiger partial charge in [0, 0.05) is 56.3 Å². The van der Waals surface area contributed by atoms with Gasteiger partial charge >= 0.3 is 0 Å². The van der Waals surface area contributed by atoms with Gasteiger partial charge in [0.2, 0.25) is 11.8 Å². The van der Waals surface area contributed by atoms with E-state index >= 15 is 0 Å². The number of carbonyl (C=O) groups is 2. The summed E-state index contributed by atoms with van der Waals surface area (Å²) in [5.74, 6) is -1.77. The highest BCUT2D eigenvalue weighted by atomic mass is 19.1. The Bertz CT molecular complexity index is 790. The van der Waals surface area contributed by atoms with Crippen molar-refractivity contribution in [1.82, 2.24) is 15.5 Å². The molecule has 0 aromatic heterocycles. The van der Waals surface area contributed by atoms with Crippen LogP contribution in [0, 0.1) is 11.6 Å². The van der Waals surface area contributed by atoms with Crippen LogP contribution in [0.5, 0.6) is 0 Å². The van der Waals surface area contributed by atoms with Crippen LogP contribution in [0.25, 0.3) is 0 Å². The number of benzene rings is 1. The molecule has 0 aliphatic carbocycles. The number of piperidine rings is 1. The Labute approximate surface area is 156 Å². The molecule has 0 spiro atoms. The molecule has 6 nitrogen and oxygen atoms in total. The third-order valence-corrected chi connectivity index (χ3v) is 5.88. The summed E-state index contributed by atoms with van der Waals surface area (Å²) < 4.78 is 29.4. The number of carbonyl (C=O) groups excluding carboxylic acids is 2. The standard InChI is InChI=1S/C19H24F2N4O2/c1-10-6-22-7-11(2)25(10)18-13-9-24(8-12(13)14(20)5-15(18)21)16-3-4-17(26)23-19(16)27/h5,10-11,16,22H,3-4,6-9H2,1-2H3,(H,23,26,27). The van der Waals surface area contributed by atoms with Gasteiger partial charge in [0.1, 0.15) is 11.6 Å².